The van der Waals surface area contributed by atoms with Crippen molar-refractivity contribution in [1.82, 2.24) is 9.97 Å². The van der Waals surface area contributed by atoms with Crippen LogP contribution in [0.4, 0.5) is 17.6 Å². The standard InChI is InChI=1S/C16H21BO6.C13H9F2NO3.C5H2BrF2N/c1-10(18)21-13-9-11(14(19)20-6)7-8-12(13)17-22-15(2,3)16(4,5)23-17;1-19-13(18)7-2-3-8(11(17)4-7)12-9(14)5-16-6-10(12)15;6-5-3(7)1-9-2-4(5)8/h7-9H,1-6H3;2-6,17H,1H3;1-2H. The van der Waals surface area contributed by atoms with Crippen LogP contribution >= 0.6 is 15.9 Å². The van der Waals surface area contributed by atoms with Crippen LogP contribution in [-0.2, 0) is 23.6 Å². The number of phenols is 1. The summed E-state index contributed by atoms with van der Waals surface area (Å²) in [5.41, 5.74) is -0.596. The molecule has 0 radical (unpaired) electrons. The van der Waals surface area contributed by atoms with Gasteiger partial charge in [-0.2, -0.15) is 0 Å². The van der Waals surface area contributed by atoms with Crippen molar-refractivity contribution in [1.29, 1.82) is 0 Å². The Kier molecular flexibility index (Phi) is 13.4. The first kappa shape index (κ1) is 40.6. The van der Waals surface area contributed by atoms with Crippen LogP contribution < -0.4 is 10.2 Å². The third-order valence-electron chi connectivity index (χ3n) is 7.53. The van der Waals surface area contributed by atoms with Gasteiger partial charge in [-0.15, -0.1) is 0 Å². The lowest BCUT2D eigenvalue weighted by molar-refractivity contribution is -0.131. The van der Waals surface area contributed by atoms with Crippen LogP contribution in [-0.4, -0.2) is 65.5 Å². The summed E-state index contributed by atoms with van der Waals surface area (Å²) in [6.07, 6.45) is 3.55. The summed E-state index contributed by atoms with van der Waals surface area (Å²) in [5.74, 6) is -5.04. The van der Waals surface area contributed by atoms with E-state index in [0.717, 1.165) is 30.9 Å². The molecule has 4 aromatic rings. The number of phenolic OH excluding ortho intramolecular Hbond substituents is 1. The van der Waals surface area contributed by atoms with E-state index in [9.17, 15) is 37.1 Å². The highest BCUT2D eigenvalue weighted by atomic mass is 79.9. The highest BCUT2D eigenvalue weighted by Gasteiger charge is 2.52. The molecule has 1 saturated heterocycles. The number of pyridine rings is 2. The van der Waals surface area contributed by atoms with E-state index >= 15 is 0 Å². The van der Waals surface area contributed by atoms with Crippen molar-refractivity contribution >= 4 is 46.4 Å². The van der Waals surface area contributed by atoms with E-state index in [1.807, 2.05) is 27.7 Å². The molecule has 17 heteroatoms. The molecular weight excluding hydrogens is 747 g/mol. The van der Waals surface area contributed by atoms with E-state index in [4.69, 9.17) is 14.0 Å². The van der Waals surface area contributed by atoms with Crippen LogP contribution in [0.2, 0.25) is 0 Å². The first-order valence-electron chi connectivity index (χ1n) is 14.7. The third-order valence-corrected chi connectivity index (χ3v) is 8.29. The van der Waals surface area contributed by atoms with Gasteiger partial charge in [-0.1, -0.05) is 6.07 Å². The largest absolute Gasteiger partial charge is 0.507 e. The summed E-state index contributed by atoms with van der Waals surface area (Å²) < 4.78 is 77.7. The highest BCUT2D eigenvalue weighted by Crippen LogP contribution is 2.37. The van der Waals surface area contributed by atoms with Crippen molar-refractivity contribution in [3.63, 3.8) is 0 Å². The van der Waals surface area contributed by atoms with Gasteiger partial charge in [0.05, 0.1) is 71.4 Å². The van der Waals surface area contributed by atoms with Crippen LogP contribution in [0.15, 0.2) is 65.7 Å². The number of aromatic hydroxyl groups is 1. The maximum absolute atomic E-state index is 13.5. The number of methoxy groups -OCH3 is 2. The quantitative estimate of drug-likeness (QED) is 0.105. The summed E-state index contributed by atoms with van der Waals surface area (Å²) in [5, 5.41) is 9.78. The van der Waals surface area contributed by atoms with E-state index < -0.39 is 70.8 Å². The molecular formula is C34H32BBrF4N2O9. The van der Waals surface area contributed by atoms with Gasteiger partial charge >= 0.3 is 25.0 Å². The fraction of sp³-hybridized carbons (Fsp3) is 0.265. The van der Waals surface area contributed by atoms with Crippen LogP contribution in [0.25, 0.3) is 11.1 Å². The average Bonchev–Trinajstić information content (AvgIpc) is 3.29. The van der Waals surface area contributed by atoms with Crippen molar-refractivity contribution in [3.05, 3.63) is 100 Å². The van der Waals surface area contributed by atoms with Crippen molar-refractivity contribution < 1.29 is 60.6 Å². The van der Waals surface area contributed by atoms with Crippen LogP contribution in [0.5, 0.6) is 11.5 Å². The number of aromatic nitrogens is 2. The normalized spacial score (nSPS) is 13.9. The summed E-state index contributed by atoms with van der Waals surface area (Å²) in [6, 6.07) is 8.31. The number of rotatable bonds is 5. The van der Waals surface area contributed by atoms with E-state index in [-0.39, 0.29) is 26.9 Å². The molecule has 0 saturated carbocycles. The molecule has 1 aliphatic rings. The zero-order valence-electron chi connectivity index (χ0n) is 28.3. The minimum Gasteiger partial charge on any atom is -0.507 e. The fourth-order valence-corrected chi connectivity index (χ4v) is 4.44. The first-order chi connectivity index (χ1) is 23.8. The molecule has 2 aromatic heterocycles. The molecule has 1 N–H and O–H groups in total. The third kappa shape index (κ3) is 9.89. The minimum absolute atomic E-state index is 0.0648. The molecule has 2 aromatic carbocycles. The van der Waals surface area contributed by atoms with Crippen LogP contribution in [0.1, 0.15) is 55.3 Å². The molecule has 3 heterocycles. The Morgan fingerprint density at radius 2 is 1.22 bits per heavy atom. The smallest absolute Gasteiger partial charge is 0.498 e. The number of ether oxygens (including phenoxy) is 3. The second-order valence-corrected chi connectivity index (χ2v) is 12.3. The summed E-state index contributed by atoms with van der Waals surface area (Å²) >= 11 is 2.69. The molecule has 5 rings (SSSR count). The van der Waals surface area contributed by atoms with Crippen molar-refractivity contribution in [2.24, 2.45) is 0 Å². The molecule has 0 atom stereocenters. The molecule has 0 amide bonds. The molecule has 0 unspecified atom stereocenters. The van der Waals surface area contributed by atoms with Crippen molar-refractivity contribution in [3.8, 4) is 22.6 Å². The lowest BCUT2D eigenvalue weighted by Crippen LogP contribution is -2.41. The maximum atomic E-state index is 13.5. The monoisotopic (exact) mass is 778 g/mol. The van der Waals surface area contributed by atoms with Gasteiger partial charge in [0, 0.05) is 17.9 Å². The SMILES string of the molecule is COC(=O)c1ccc(-c2c(F)cncc2F)c(O)c1.COC(=O)c1ccc(B2OC(C)(C)C(C)(C)O2)c(OC(C)=O)c1.Fc1cncc(F)c1Br. The summed E-state index contributed by atoms with van der Waals surface area (Å²) in [4.78, 5) is 40.9. The van der Waals surface area contributed by atoms with Crippen LogP contribution in [0, 0.1) is 23.3 Å². The Morgan fingerprint density at radius 3 is 1.65 bits per heavy atom. The van der Waals surface area contributed by atoms with Gasteiger partial charge in [0.2, 0.25) is 0 Å². The number of carbonyl (C=O) groups excluding carboxylic acids is 3. The lowest BCUT2D eigenvalue weighted by Gasteiger charge is -2.32. The Hall–Kier alpha value is -4.87. The maximum Gasteiger partial charge on any atom is 0.498 e. The van der Waals surface area contributed by atoms with Gasteiger partial charge in [-0.3, -0.25) is 14.8 Å². The molecule has 11 nitrogen and oxygen atoms in total. The molecule has 0 bridgehead atoms. The fourth-order valence-electron chi connectivity index (χ4n) is 4.24. The Morgan fingerprint density at radius 1 is 0.765 bits per heavy atom. The summed E-state index contributed by atoms with van der Waals surface area (Å²) in [7, 11) is 1.78. The van der Waals surface area contributed by atoms with E-state index in [0.29, 0.717) is 5.46 Å². The Balaban J connectivity index is 0.000000225. The second-order valence-electron chi connectivity index (χ2n) is 11.5. The molecule has 0 aliphatic carbocycles. The molecule has 1 fully saturated rings. The minimum atomic E-state index is -0.902. The number of esters is 3. The first-order valence-corrected chi connectivity index (χ1v) is 15.5. The van der Waals surface area contributed by atoms with Gasteiger partial charge in [-0.25, -0.2) is 27.2 Å². The van der Waals surface area contributed by atoms with Gasteiger partial charge < -0.3 is 28.6 Å². The van der Waals surface area contributed by atoms with Crippen molar-refractivity contribution in [2.45, 2.75) is 45.8 Å². The molecule has 270 valence electrons. The number of nitrogens with zero attached hydrogens (tertiary/aromatic N) is 2. The number of halogens is 5. The van der Waals surface area contributed by atoms with Crippen LogP contribution in [0.3, 0.4) is 0 Å². The zero-order chi connectivity index (χ0) is 38.3. The van der Waals surface area contributed by atoms with E-state index in [1.54, 1.807) is 12.1 Å². The number of benzene rings is 2. The van der Waals surface area contributed by atoms with Gasteiger partial charge in [-0.05, 0) is 74.0 Å². The second kappa shape index (κ2) is 16.9. The topological polar surface area (TPSA) is 143 Å². The Bertz CT molecular complexity index is 1870. The lowest BCUT2D eigenvalue weighted by atomic mass is 9.78. The Labute approximate surface area is 299 Å². The van der Waals surface area contributed by atoms with Gasteiger partial charge in [0.15, 0.2) is 23.3 Å². The van der Waals surface area contributed by atoms with E-state index in [2.05, 4.69) is 35.4 Å². The predicted octanol–water partition coefficient (Wildman–Crippen LogP) is 6.34. The zero-order valence-corrected chi connectivity index (χ0v) is 29.9. The van der Waals surface area contributed by atoms with Gasteiger partial charge in [0.25, 0.3) is 0 Å². The predicted molar refractivity (Wildman–Crippen MR) is 179 cm³/mol. The summed E-state index contributed by atoms with van der Waals surface area (Å²) in [6.45, 7) is 9.02. The molecule has 51 heavy (non-hydrogen) atoms. The molecule has 0 spiro atoms. The van der Waals surface area contributed by atoms with Gasteiger partial charge in [0.1, 0.15) is 11.5 Å². The number of hydrogen-bond acceptors (Lipinski definition) is 11. The average molecular weight is 779 g/mol. The number of carbonyl (C=O) groups is 3. The van der Waals surface area contributed by atoms with Crippen molar-refractivity contribution in [2.75, 3.05) is 14.2 Å². The molecule has 1 aliphatic heterocycles. The highest BCUT2D eigenvalue weighted by molar-refractivity contribution is 9.10. The van der Waals surface area contributed by atoms with E-state index in [1.165, 1.54) is 39.3 Å². The number of hydrogen-bond donors (Lipinski definition) is 1.